The Morgan fingerprint density at radius 2 is 1.70 bits per heavy atom. The van der Waals surface area contributed by atoms with Gasteiger partial charge in [-0.05, 0) is 24.0 Å². The number of thioether (sulfide) groups is 1. The van der Waals surface area contributed by atoms with Crippen molar-refractivity contribution in [2.45, 2.75) is 38.0 Å². The number of amides is 3. The summed E-state index contributed by atoms with van der Waals surface area (Å²) in [6.07, 6.45) is 1.12. The fourth-order valence-electron chi connectivity index (χ4n) is 4.24. The Bertz CT molecular complexity index is 951. The molecule has 2 atom stereocenters. The van der Waals surface area contributed by atoms with Gasteiger partial charge in [0.2, 0.25) is 11.8 Å². The quantitative estimate of drug-likeness (QED) is 0.677. The lowest BCUT2D eigenvalue weighted by molar-refractivity contribution is -0.144. The van der Waals surface area contributed by atoms with E-state index >= 15 is 0 Å². The number of hydrogen-bond acceptors (Lipinski definition) is 5. The molecule has 0 bridgehead atoms. The van der Waals surface area contributed by atoms with Gasteiger partial charge in [0.25, 0.3) is 0 Å². The van der Waals surface area contributed by atoms with E-state index < -0.39 is 18.2 Å². The van der Waals surface area contributed by atoms with E-state index in [0.29, 0.717) is 25.3 Å². The van der Waals surface area contributed by atoms with Gasteiger partial charge in [0.1, 0.15) is 18.7 Å². The van der Waals surface area contributed by atoms with Crippen LogP contribution in [-0.4, -0.2) is 64.5 Å². The van der Waals surface area contributed by atoms with Crippen LogP contribution in [0.15, 0.2) is 60.7 Å². The molecule has 174 valence electrons. The number of rotatable bonds is 7. The molecule has 7 nitrogen and oxygen atoms in total. The van der Waals surface area contributed by atoms with Crippen molar-refractivity contribution in [2.75, 3.05) is 24.7 Å². The van der Waals surface area contributed by atoms with Crippen LogP contribution in [-0.2, 0) is 27.4 Å². The zero-order chi connectivity index (χ0) is 23.0. The Balaban J connectivity index is 1.45. The van der Waals surface area contributed by atoms with E-state index in [1.807, 2.05) is 65.6 Å². The maximum atomic E-state index is 13.6. The van der Waals surface area contributed by atoms with Crippen LogP contribution in [0.25, 0.3) is 0 Å². The van der Waals surface area contributed by atoms with E-state index in [1.165, 1.54) is 0 Å². The van der Waals surface area contributed by atoms with Crippen molar-refractivity contribution >= 4 is 29.7 Å². The molecule has 0 aliphatic carbocycles. The van der Waals surface area contributed by atoms with Crippen LogP contribution in [0.3, 0.4) is 0 Å². The summed E-state index contributed by atoms with van der Waals surface area (Å²) in [5, 5.41) is 2.76. The molecule has 3 amide bonds. The first-order valence-corrected chi connectivity index (χ1v) is 12.5. The molecule has 1 N–H and O–H groups in total. The van der Waals surface area contributed by atoms with Gasteiger partial charge in [-0.3, -0.25) is 9.59 Å². The van der Waals surface area contributed by atoms with E-state index in [4.69, 9.17) is 4.74 Å². The molecule has 2 heterocycles. The summed E-state index contributed by atoms with van der Waals surface area (Å²) in [5.41, 5.74) is 1.80. The number of alkyl carbamates (subject to hydrolysis) is 1. The van der Waals surface area contributed by atoms with Gasteiger partial charge in [0, 0.05) is 25.3 Å². The summed E-state index contributed by atoms with van der Waals surface area (Å²) >= 11 is 1.73. The van der Waals surface area contributed by atoms with Gasteiger partial charge < -0.3 is 19.9 Å². The van der Waals surface area contributed by atoms with Crippen LogP contribution < -0.4 is 5.32 Å². The average Bonchev–Trinajstić information content (AvgIpc) is 3.55. The van der Waals surface area contributed by atoms with Crippen molar-refractivity contribution in [1.29, 1.82) is 0 Å². The topological polar surface area (TPSA) is 79.0 Å². The van der Waals surface area contributed by atoms with Crippen molar-refractivity contribution in [3.05, 3.63) is 71.8 Å². The van der Waals surface area contributed by atoms with Crippen LogP contribution >= 0.6 is 11.8 Å². The normalized spacial score (nSPS) is 18.7. The highest BCUT2D eigenvalue weighted by Crippen LogP contribution is 2.24. The summed E-state index contributed by atoms with van der Waals surface area (Å²) in [6.45, 7) is 1.36. The van der Waals surface area contributed by atoms with E-state index in [1.54, 1.807) is 16.7 Å². The third kappa shape index (κ3) is 6.07. The van der Waals surface area contributed by atoms with E-state index in [0.717, 1.165) is 29.8 Å². The van der Waals surface area contributed by atoms with Crippen molar-refractivity contribution < 1.29 is 19.1 Å². The van der Waals surface area contributed by atoms with Gasteiger partial charge in [-0.15, -0.1) is 11.8 Å². The van der Waals surface area contributed by atoms with E-state index in [9.17, 15) is 14.4 Å². The Hall–Kier alpha value is -3.00. The fraction of sp³-hybridized carbons (Fsp3) is 0.400. The van der Waals surface area contributed by atoms with Crippen molar-refractivity contribution in [1.82, 2.24) is 15.1 Å². The number of nitrogens with zero attached hydrogens (tertiary/aromatic N) is 2. The SMILES string of the molecule is O=C(N[C@@H](Cc1ccccc1)C(=O)N1CCC[C@H]1C(=O)N1CCSC1)OCc1ccccc1. The minimum absolute atomic E-state index is 0.0102. The van der Waals surface area contributed by atoms with Crippen molar-refractivity contribution in [2.24, 2.45) is 0 Å². The second kappa shape index (κ2) is 11.2. The number of nitrogens with one attached hydrogen (secondary N) is 1. The number of carbonyl (C=O) groups excluding carboxylic acids is 3. The van der Waals surface area contributed by atoms with E-state index in [-0.39, 0.29) is 18.4 Å². The van der Waals surface area contributed by atoms with Crippen LogP contribution in [0.4, 0.5) is 4.79 Å². The number of ether oxygens (including phenoxy) is 1. The van der Waals surface area contributed by atoms with Gasteiger partial charge in [0.15, 0.2) is 0 Å². The third-order valence-corrected chi connectivity index (χ3v) is 6.94. The lowest BCUT2D eigenvalue weighted by atomic mass is 10.0. The smallest absolute Gasteiger partial charge is 0.408 e. The molecule has 0 radical (unpaired) electrons. The lowest BCUT2D eigenvalue weighted by Gasteiger charge is -2.30. The first kappa shape index (κ1) is 23.2. The summed E-state index contributed by atoms with van der Waals surface area (Å²) in [6, 6.07) is 17.7. The maximum absolute atomic E-state index is 13.6. The number of carbonyl (C=O) groups is 3. The summed E-state index contributed by atoms with van der Waals surface area (Å²) < 4.78 is 5.37. The highest BCUT2D eigenvalue weighted by molar-refractivity contribution is 7.99. The molecule has 2 fully saturated rings. The van der Waals surface area contributed by atoms with Crippen LogP contribution in [0.1, 0.15) is 24.0 Å². The van der Waals surface area contributed by atoms with Gasteiger partial charge in [0.05, 0.1) is 5.88 Å². The molecule has 4 rings (SSSR count). The highest BCUT2D eigenvalue weighted by Gasteiger charge is 2.40. The van der Waals surface area contributed by atoms with Gasteiger partial charge in [-0.2, -0.15) is 0 Å². The molecule has 0 saturated carbocycles. The Morgan fingerprint density at radius 3 is 2.36 bits per heavy atom. The number of benzene rings is 2. The standard InChI is InChI=1S/C25H29N3O4S/c29-23(28-13-7-12-22(28)24(30)27-14-15-33-18-27)21(16-19-8-3-1-4-9-19)26-25(31)32-17-20-10-5-2-6-11-20/h1-6,8-11,21-22H,7,12-18H2,(H,26,31)/t21-,22-/m0/s1. The average molecular weight is 468 g/mol. The number of hydrogen-bond donors (Lipinski definition) is 1. The van der Waals surface area contributed by atoms with Crippen LogP contribution in [0.2, 0.25) is 0 Å². The van der Waals surface area contributed by atoms with E-state index in [2.05, 4.69) is 5.32 Å². The second-order valence-electron chi connectivity index (χ2n) is 8.28. The maximum Gasteiger partial charge on any atom is 0.408 e. The summed E-state index contributed by atoms with van der Waals surface area (Å²) in [5.74, 6) is 1.38. The molecule has 2 saturated heterocycles. The molecule has 33 heavy (non-hydrogen) atoms. The number of likely N-dealkylation sites (tertiary alicyclic amines) is 1. The minimum Gasteiger partial charge on any atom is -0.445 e. The summed E-state index contributed by atoms with van der Waals surface area (Å²) in [4.78, 5) is 42.7. The molecule has 0 spiro atoms. The Morgan fingerprint density at radius 1 is 1.00 bits per heavy atom. The first-order valence-electron chi connectivity index (χ1n) is 11.3. The molecule has 8 heteroatoms. The molecule has 2 aromatic rings. The Labute approximate surface area is 198 Å². The fourth-order valence-corrected chi connectivity index (χ4v) is 5.20. The van der Waals surface area contributed by atoms with Gasteiger partial charge >= 0.3 is 6.09 Å². The minimum atomic E-state index is -0.808. The zero-order valence-electron chi connectivity index (χ0n) is 18.5. The lowest BCUT2D eigenvalue weighted by Crippen LogP contribution is -2.54. The molecule has 0 unspecified atom stereocenters. The zero-order valence-corrected chi connectivity index (χ0v) is 19.3. The van der Waals surface area contributed by atoms with Gasteiger partial charge in [-0.25, -0.2) is 4.79 Å². The van der Waals surface area contributed by atoms with Crippen molar-refractivity contribution in [3.8, 4) is 0 Å². The van der Waals surface area contributed by atoms with Crippen LogP contribution in [0.5, 0.6) is 0 Å². The monoisotopic (exact) mass is 467 g/mol. The predicted octanol–water partition coefficient (Wildman–Crippen LogP) is 3.05. The Kier molecular flexibility index (Phi) is 7.88. The third-order valence-electron chi connectivity index (χ3n) is 5.97. The predicted molar refractivity (Wildman–Crippen MR) is 127 cm³/mol. The molecule has 2 aromatic carbocycles. The molecule has 2 aliphatic heterocycles. The largest absolute Gasteiger partial charge is 0.445 e. The van der Waals surface area contributed by atoms with Gasteiger partial charge in [-0.1, -0.05) is 60.7 Å². The second-order valence-corrected chi connectivity index (χ2v) is 9.35. The molecular weight excluding hydrogens is 438 g/mol. The van der Waals surface area contributed by atoms with Crippen molar-refractivity contribution in [3.63, 3.8) is 0 Å². The molecule has 2 aliphatic rings. The van der Waals surface area contributed by atoms with Crippen LogP contribution in [0, 0.1) is 0 Å². The summed E-state index contributed by atoms with van der Waals surface area (Å²) in [7, 11) is 0. The molecular formula is C25H29N3O4S. The highest BCUT2D eigenvalue weighted by atomic mass is 32.2. The first-order chi connectivity index (χ1) is 16.1. The molecule has 0 aromatic heterocycles.